The zero-order valence-electron chi connectivity index (χ0n) is 13.8. The Bertz CT molecular complexity index is 961. The Balaban J connectivity index is 1.77. The number of aryl methyl sites for hydroxylation is 1. The number of nitrogen functional groups attached to an aromatic ring is 1. The average Bonchev–Trinajstić information content (AvgIpc) is 2.60. The van der Waals surface area contributed by atoms with E-state index >= 15 is 0 Å². The Hall–Kier alpha value is -2.93. The molecule has 0 aliphatic heterocycles. The van der Waals surface area contributed by atoms with Gasteiger partial charge in [-0.15, -0.1) is 0 Å². The number of carbonyl (C=O) groups is 1. The average molecular weight is 416 g/mol. The monoisotopic (exact) mass is 415 g/mol. The van der Waals surface area contributed by atoms with E-state index in [4.69, 9.17) is 10.5 Å². The highest BCUT2D eigenvalue weighted by Gasteiger charge is 2.14. The fourth-order valence-corrected chi connectivity index (χ4v) is 2.52. The molecule has 0 aliphatic rings. The molecule has 132 valence electrons. The molecule has 0 radical (unpaired) electrons. The van der Waals surface area contributed by atoms with Gasteiger partial charge in [-0.25, -0.2) is 4.98 Å². The number of nitrogens with one attached hydrogen (secondary N) is 1. The first kappa shape index (κ1) is 17.9. The summed E-state index contributed by atoms with van der Waals surface area (Å²) < 4.78 is 20.1. The van der Waals surface area contributed by atoms with Gasteiger partial charge in [0.1, 0.15) is 17.3 Å². The maximum absolute atomic E-state index is 13.4. The van der Waals surface area contributed by atoms with E-state index in [0.29, 0.717) is 17.2 Å². The van der Waals surface area contributed by atoms with Crippen molar-refractivity contribution in [1.29, 1.82) is 0 Å². The molecular formula is C19H15BrFN3O2. The molecule has 1 amide bonds. The van der Waals surface area contributed by atoms with Crippen LogP contribution in [0.2, 0.25) is 0 Å². The molecule has 0 atom stereocenters. The van der Waals surface area contributed by atoms with Crippen LogP contribution in [-0.2, 0) is 0 Å². The lowest BCUT2D eigenvalue weighted by atomic mass is 10.1. The van der Waals surface area contributed by atoms with E-state index in [1.807, 2.05) is 24.3 Å². The summed E-state index contributed by atoms with van der Waals surface area (Å²) in [6, 6.07) is 15.7. The highest BCUT2D eigenvalue weighted by molar-refractivity contribution is 9.10. The van der Waals surface area contributed by atoms with Gasteiger partial charge in [0.25, 0.3) is 5.91 Å². The van der Waals surface area contributed by atoms with Crippen LogP contribution in [0.4, 0.5) is 15.9 Å². The minimum absolute atomic E-state index is 0.114. The number of anilines is 2. The molecule has 0 fully saturated rings. The standard InChI is InChI=1S/C19H15BrFN3O2/c1-11-9-16(18(22)24-17(11)21)19(25)23-13-3-2-4-15(10-13)26-14-7-5-12(20)6-8-14/h2-10H,1H3,(H2,22,24)(H,23,25). The summed E-state index contributed by atoms with van der Waals surface area (Å²) in [5, 5.41) is 2.71. The number of aromatic nitrogens is 1. The number of hydrogen-bond acceptors (Lipinski definition) is 4. The van der Waals surface area contributed by atoms with Crippen LogP contribution in [0.3, 0.4) is 0 Å². The van der Waals surface area contributed by atoms with Crippen molar-refractivity contribution in [3.8, 4) is 11.5 Å². The van der Waals surface area contributed by atoms with Crippen LogP contribution in [0.15, 0.2) is 59.1 Å². The Kier molecular flexibility index (Phi) is 5.18. The fraction of sp³-hybridized carbons (Fsp3) is 0.0526. The van der Waals surface area contributed by atoms with E-state index in [0.717, 1.165) is 4.47 Å². The molecular weight excluding hydrogens is 401 g/mol. The molecule has 26 heavy (non-hydrogen) atoms. The molecule has 3 aromatic rings. The van der Waals surface area contributed by atoms with Gasteiger partial charge in [0.05, 0.1) is 5.56 Å². The summed E-state index contributed by atoms with van der Waals surface area (Å²) in [7, 11) is 0. The SMILES string of the molecule is Cc1cc(C(=O)Nc2cccc(Oc3ccc(Br)cc3)c2)c(N)nc1F. The Morgan fingerprint density at radius 3 is 2.62 bits per heavy atom. The minimum atomic E-state index is -0.691. The number of rotatable bonds is 4. The van der Waals surface area contributed by atoms with Crippen molar-refractivity contribution in [1.82, 2.24) is 4.98 Å². The summed E-state index contributed by atoms with van der Waals surface area (Å²) in [5.74, 6) is -0.0958. The molecule has 0 saturated heterocycles. The van der Waals surface area contributed by atoms with Gasteiger partial charge in [-0.1, -0.05) is 22.0 Å². The Labute approximate surface area is 158 Å². The second kappa shape index (κ2) is 7.53. The van der Waals surface area contributed by atoms with E-state index in [1.54, 1.807) is 24.3 Å². The first-order valence-electron chi connectivity index (χ1n) is 7.70. The van der Waals surface area contributed by atoms with Crippen molar-refractivity contribution in [2.24, 2.45) is 0 Å². The molecule has 0 spiro atoms. The zero-order chi connectivity index (χ0) is 18.7. The van der Waals surface area contributed by atoms with E-state index in [-0.39, 0.29) is 16.9 Å². The first-order valence-corrected chi connectivity index (χ1v) is 8.49. The Morgan fingerprint density at radius 1 is 1.15 bits per heavy atom. The fourth-order valence-electron chi connectivity index (χ4n) is 2.26. The highest BCUT2D eigenvalue weighted by atomic mass is 79.9. The number of carbonyl (C=O) groups excluding carboxylic acids is 1. The summed E-state index contributed by atoms with van der Waals surface area (Å²) in [6.45, 7) is 1.52. The predicted octanol–water partition coefficient (Wildman–Crippen LogP) is 4.92. The molecule has 0 aliphatic carbocycles. The van der Waals surface area contributed by atoms with Gasteiger partial charge < -0.3 is 15.8 Å². The van der Waals surface area contributed by atoms with E-state index in [2.05, 4.69) is 26.2 Å². The lowest BCUT2D eigenvalue weighted by molar-refractivity contribution is 0.102. The number of ether oxygens (including phenoxy) is 1. The minimum Gasteiger partial charge on any atom is -0.457 e. The van der Waals surface area contributed by atoms with Gasteiger partial charge in [-0.3, -0.25) is 4.79 Å². The highest BCUT2D eigenvalue weighted by Crippen LogP contribution is 2.26. The third-order valence-corrected chi connectivity index (χ3v) is 4.10. The van der Waals surface area contributed by atoms with Gasteiger partial charge >= 0.3 is 0 Å². The zero-order valence-corrected chi connectivity index (χ0v) is 15.4. The summed E-state index contributed by atoms with van der Waals surface area (Å²) >= 11 is 3.37. The van der Waals surface area contributed by atoms with E-state index in [9.17, 15) is 9.18 Å². The van der Waals surface area contributed by atoms with Crippen molar-refractivity contribution >= 4 is 33.3 Å². The van der Waals surface area contributed by atoms with Crippen LogP contribution in [0, 0.1) is 12.9 Å². The molecule has 7 heteroatoms. The second-order valence-electron chi connectivity index (χ2n) is 5.57. The van der Waals surface area contributed by atoms with Crippen molar-refractivity contribution in [3.63, 3.8) is 0 Å². The third kappa shape index (κ3) is 4.18. The van der Waals surface area contributed by atoms with Crippen molar-refractivity contribution < 1.29 is 13.9 Å². The van der Waals surface area contributed by atoms with Crippen molar-refractivity contribution in [2.75, 3.05) is 11.1 Å². The van der Waals surface area contributed by atoms with Gasteiger partial charge in [0.15, 0.2) is 0 Å². The number of halogens is 2. The van der Waals surface area contributed by atoms with Gasteiger partial charge in [0, 0.05) is 21.8 Å². The number of amides is 1. The van der Waals surface area contributed by atoms with Crippen LogP contribution in [0.25, 0.3) is 0 Å². The maximum atomic E-state index is 13.4. The third-order valence-electron chi connectivity index (χ3n) is 3.57. The lowest BCUT2D eigenvalue weighted by Gasteiger charge is -2.10. The van der Waals surface area contributed by atoms with Crippen molar-refractivity contribution in [2.45, 2.75) is 6.92 Å². The smallest absolute Gasteiger partial charge is 0.259 e. The number of benzene rings is 2. The molecule has 0 bridgehead atoms. The lowest BCUT2D eigenvalue weighted by Crippen LogP contribution is -2.16. The molecule has 1 aromatic heterocycles. The summed E-state index contributed by atoms with van der Waals surface area (Å²) in [4.78, 5) is 15.9. The topological polar surface area (TPSA) is 77.2 Å². The number of hydrogen-bond donors (Lipinski definition) is 2. The Morgan fingerprint density at radius 2 is 1.88 bits per heavy atom. The molecule has 0 saturated carbocycles. The molecule has 2 aromatic carbocycles. The van der Waals surface area contributed by atoms with Gasteiger partial charge in [-0.2, -0.15) is 4.39 Å². The maximum Gasteiger partial charge on any atom is 0.259 e. The molecule has 3 N–H and O–H groups in total. The van der Waals surface area contributed by atoms with Gasteiger partial charge in [0.2, 0.25) is 5.95 Å². The van der Waals surface area contributed by atoms with Crippen LogP contribution in [-0.4, -0.2) is 10.9 Å². The molecule has 0 unspecified atom stereocenters. The number of nitrogens with zero attached hydrogens (tertiary/aromatic N) is 1. The largest absolute Gasteiger partial charge is 0.457 e. The second-order valence-corrected chi connectivity index (χ2v) is 6.48. The predicted molar refractivity (Wildman–Crippen MR) is 102 cm³/mol. The van der Waals surface area contributed by atoms with Gasteiger partial charge in [-0.05, 0) is 49.4 Å². The van der Waals surface area contributed by atoms with Crippen LogP contribution in [0.5, 0.6) is 11.5 Å². The van der Waals surface area contributed by atoms with Crippen LogP contribution < -0.4 is 15.8 Å². The molecule has 1 heterocycles. The summed E-state index contributed by atoms with van der Waals surface area (Å²) in [6.07, 6.45) is 0. The normalized spacial score (nSPS) is 10.4. The molecule has 3 rings (SSSR count). The quantitative estimate of drug-likeness (QED) is 0.592. The van der Waals surface area contributed by atoms with E-state index in [1.165, 1.54) is 13.0 Å². The van der Waals surface area contributed by atoms with E-state index < -0.39 is 11.9 Å². The van der Waals surface area contributed by atoms with Crippen molar-refractivity contribution in [3.05, 3.63) is 76.1 Å². The van der Waals surface area contributed by atoms with Crippen LogP contribution in [0.1, 0.15) is 15.9 Å². The first-order chi connectivity index (χ1) is 12.4. The number of nitrogens with two attached hydrogens (primary N) is 1. The van der Waals surface area contributed by atoms with Crippen LogP contribution >= 0.6 is 15.9 Å². The number of pyridine rings is 1. The summed E-state index contributed by atoms with van der Waals surface area (Å²) in [5.41, 5.74) is 6.53. The molecule has 5 nitrogen and oxygen atoms in total.